The molecule has 12 heavy (non-hydrogen) atoms. The second-order valence-corrected chi connectivity index (χ2v) is 2.53. The van der Waals surface area contributed by atoms with Crippen LogP contribution in [0.3, 0.4) is 0 Å². The van der Waals surface area contributed by atoms with Crippen LogP contribution in [0.5, 0.6) is 0 Å². The molecule has 0 aliphatic heterocycles. The van der Waals surface area contributed by atoms with E-state index in [1.54, 1.807) is 13.8 Å². The van der Waals surface area contributed by atoms with Crippen molar-refractivity contribution >= 4 is 5.97 Å². The van der Waals surface area contributed by atoms with Gasteiger partial charge in [0.1, 0.15) is 6.23 Å². The van der Waals surface area contributed by atoms with Crippen molar-refractivity contribution in [2.75, 3.05) is 0 Å². The SMILES string of the molecule is CC(N)OC(C)OC(C)C(=O)O. The third-order valence-corrected chi connectivity index (χ3v) is 1.15. The zero-order valence-electron chi connectivity index (χ0n) is 7.48. The predicted molar refractivity (Wildman–Crippen MR) is 42.4 cm³/mol. The highest BCUT2D eigenvalue weighted by molar-refractivity contribution is 5.71. The Bertz CT molecular complexity index is 148. The fraction of sp³-hybridized carbons (Fsp3) is 0.857. The van der Waals surface area contributed by atoms with Crippen molar-refractivity contribution in [1.82, 2.24) is 0 Å². The van der Waals surface area contributed by atoms with E-state index in [0.717, 1.165) is 0 Å². The molecule has 72 valence electrons. The van der Waals surface area contributed by atoms with Crippen LogP contribution in [-0.4, -0.2) is 29.7 Å². The Balaban J connectivity index is 3.68. The summed E-state index contributed by atoms with van der Waals surface area (Å²) in [7, 11) is 0. The van der Waals surface area contributed by atoms with E-state index < -0.39 is 24.6 Å². The number of aliphatic carboxylic acids is 1. The Labute approximate surface area is 71.5 Å². The third-order valence-electron chi connectivity index (χ3n) is 1.15. The highest BCUT2D eigenvalue weighted by atomic mass is 16.7. The van der Waals surface area contributed by atoms with Gasteiger partial charge in [0.05, 0.1) is 0 Å². The standard InChI is InChI=1S/C7H15NO4/c1-4(7(9)10)11-6(3)12-5(2)8/h4-6H,8H2,1-3H3,(H,9,10). The first-order valence-electron chi connectivity index (χ1n) is 3.72. The smallest absolute Gasteiger partial charge is 0.332 e. The molecule has 0 aliphatic rings. The number of carboxylic acids is 1. The van der Waals surface area contributed by atoms with Gasteiger partial charge in [-0.3, -0.25) is 0 Å². The van der Waals surface area contributed by atoms with Crippen LogP contribution in [0.1, 0.15) is 20.8 Å². The van der Waals surface area contributed by atoms with Crippen LogP contribution in [0.25, 0.3) is 0 Å². The van der Waals surface area contributed by atoms with Crippen molar-refractivity contribution < 1.29 is 19.4 Å². The van der Waals surface area contributed by atoms with Gasteiger partial charge in [-0.1, -0.05) is 0 Å². The number of carbonyl (C=O) groups is 1. The van der Waals surface area contributed by atoms with Gasteiger partial charge >= 0.3 is 5.97 Å². The van der Waals surface area contributed by atoms with Crippen molar-refractivity contribution in [3.8, 4) is 0 Å². The van der Waals surface area contributed by atoms with Crippen LogP contribution >= 0.6 is 0 Å². The molecular formula is C7H15NO4. The lowest BCUT2D eigenvalue weighted by atomic mass is 10.4. The molecule has 0 radical (unpaired) electrons. The van der Waals surface area contributed by atoms with Crippen molar-refractivity contribution in [3.63, 3.8) is 0 Å². The molecule has 5 heteroatoms. The third kappa shape index (κ3) is 5.06. The van der Waals surface area contributed by atoms with Gasteiger partial charge in [-0.05, 0) is 20.8 Å². The molecular weight excluding hydrogens is 162 g/mol. The average Bonchev–Trinajstić information content (AvgIpc) is 1.84. The van der Waals surface area contributed by atoms with Gasteiger partial charge in [0.25, 0.3) is 0 Å². The summed E-state index contributed by atoms with van der Waals surface area (Å²) in [5.41, 5.74) is 5.30. The van der Waals surface area contributed by atoms with E-state index in [4.69, 9.17) is 20.3 Å². The van der Waals surface area contributed by atoms with Crippen LogP contribution in [-0.2, 0) is 14.3 Å². The lowest BCUT2D eigenvalue weighted by molar-refractivity contribution is -0.191. The summed E-state index contributed by atoms with van der Waals surface area (Å²) in [4.78, 5) is 10.3. The molecule has 3 N–H and O–H groups in total. The minimum Gasteiger partial charge on any atom is -0.479 e. The van der Waals surface area contributed by atoms with Crippen LogP contribution in [0, 0.1) is 0 Å². The molecule has 0 aliphatic carbocycles. The summed E-state index contributed by atoms with van der Waals surface area (Å²) in [6, 6.07) is 0. The molecule has 0 saturated heterocycles. The van der Waals surface area contributed by atoms with Gasteiger partial charge in [0.2, 0.25) is 0 Å². The van der Waals surface area contributed by atoms with Gasteiger partial charge in [-0.15, -0.1) is 0 Å². The largest absolute Gasteiger partial charge is 0.479 e. The molecule has 0 spiro atoms. The number of hydrogen-bond acceptors (Lipinski definition) is 4. The summed E-state index contributed by atoms with van der Waals surface area (Å²) >= 11 is 0. The summed E-state index contributed by atoms with van der Waals surface area (Å²) in [5.74, 6) is -1.02. The number of nitrogens with two attached hydrogens (primary N) is 1. The number of carboxylic acid groups (broad SMARTS) is 1. The van der Waals surface area contributed by atoms with E-state index in [-0.39, 0.29) is 0 Å². The highest BCUT2D eigenvalue weighted by Gasteiger charge is 2.15. The maximum absolute atomic E-state index is 10.3. The average molecular weight is 177 g/mol. The minimum atomic E-state index is -1.02. The van der Waals surface area contributed by atoms with E-state index in [1.165, 1.54) is 6.92 Å². The van der Waals surface area contributed by atoms with E-state index in [1.807, 2.05) is 0 Å². The first-order chi connectivity index (χ1) is 5.43. The normalized spacial score (nSPS) is 18.3. The Kier molecular flexibility index (Phi) is 4.80. The molecule has 0 rings (SSSR count). The molecule has 0 amide bonds. The molecule has 3 unspecified atom stereocenters. The molecule has 0 saturated carbocycles. The topological polar surface area (TPSA) is 81.8 Å². The van der Waals surface area contributed by atoms with Crippen molar-refractivity contribution in [2.24, 2.45) is 5.73 Å². The first kappa shape index (κ1) is 11.4. The zero-order valence-corrected chi connectivity index (χ0v) is 7.48. The van der Waals surface area contributed by atoms with Gasteiger partial charge in [0, 0.05) is 0 Å². The maximum Gasteiger partial charge on any atom is 0.332 e. The molecule has 5 nitrogen and oxygen atoms in total. The van der Waals surface area contributed by atoms with Gasteiger partial charge in [0.15, 0.2) is 12.4 Å². The molecule has 3 atom stereocenters. The van der Waals surface area contributed by atoms with Gasteiger partial charge in [-0.2, -0.15) is 0 Å². The molecule has 0 aromatic heterocycles. The van der Waals surface area contributed by atoms with Crippen LogP contribution in [0.2, 0.25) is 0 Å². The summed E-state index contributed by atoms with van der Waals surface area (Å²) in [6.45, 7) is 4.68. The fourth-order valence-electron chi connectivity index (χ4n) is 0.680. The van der Waals surface area contributed by atoms with E-state index >= 15 is 0 Å². The van der Waals surface area contributed by atoms with Crippen molar-refractivity contribution in [2.45, 2.75) is 39.4 Å². The summed E-state index contributed by atoms with van der Waals surface area (Å²) < 4.78 is 9.88. The van der Waals surface area contributed by atoms with Crippen molar-refractivity contribution in [3.05, 3.63) is 0 Å². The minimum absolute atomic E-state index is 0.457. The maximum atomic E-state index is 10.3. The van der Waals surface area contributed by atoms with Crippen LogP contribution in [0.4, 0.5) is 0 Å². The summed E-state index contributed by atoms with van der Waals surface area (Å²) in [5, 5.41) is 8.45. The Hall–Kier alpha value is -0.650. The second kappa shape index (κ2) is 5.08. The molecule has 0 fully saturated rings. The molecule has 0 heterocycles. The number of ether oxygens (including phenoxy) is 2. The van der Waals surface area contributed by atoms with Gasteiger partial charge in [-0.25, -0.2) is 4.79 Å². The second-order valence-electron chi connectivity index (χ2n) is 2.53. The molecule has 0 bridgehead atoms. The van der Waals surface area contributed by atoms with Gasteiger partial charge < -0.3 is 20.3 Å². The Morgan fingerprint density at radius 1 is 1.33 bits per heavy atom. The monoisotopic (exact) mass is 177 g/mol. The van der Waals surface area contributed by atoms with Crippen molar-refractivity contribution in [1.29, 1.82) is 0 Å². The lowest BCUT2D eigenvalue weighted by Crippen LogP contribution is -2.31. The first-order valence-corrected chi connectivity index (χ1v) is 3.72. The lowest BCUT2D eigenvalue weighted by Gasteiger charge is -2.18. The van der Waals surface area contributed by atoms with Crippen LogP contribution in [0.15, 0.2) is 0 Å². The quantitative estimate of drug-likeness (QED) is 0.584. The summed E-state index contributed by atoms with van der Waals surface area (Å²) in [6.07, 6.45) is -1.93. The van der Waals surface area contributed by atoms with E-state index in [9.17, 15) is 4.79 Å². The highest BCUT2D eigenvalue weighted by Crippen LogP contribution is 2.00. The van der Waals surface area contributed by atoms with E-state index in [0.29, 0.717) is 0 Å². The molecule has 0 aromatic carbocycles. The van der Waals surface area contributed by atoms with Crippen LogP contribution < -0.4 is 5.73 Å². The number of hydrogen-bond donors (Lipinski definition) is 2. The van der Waals surface area contributed by atoms with E-state index in [2.05, 4.69) is 0 Å². The molecule has 0 aromatic rings. The fourth-order valence-corrected chi connectivity index (χ4v) is 0.680. The Morgan fingerprint density at radius 3 is 2.17 bits per heavy atom. The number of rotatable bonds is 5. The zero-order chi connectivity index (χ0) is 9.72. The Morgan fingerprint density at radius 2 is 1.83 bits per heavy atom. The predicted octanol–water partition coefficient (Wildman–Crippen LogP) is 0.143.